The zero-order chi connectivity index (χ0) is 27.4. The highest BCUT2D eigenvalue weighted by atomic mass is 19.3. The molecule has 3 heterocycles. The Kier molecular flexibility index (Phi) is 8.03. The number of alkyl halides is 2. The zero-order valence-corrected chi connectivity index (χ0v) is 21.8. The first kappa shape index (κ1) is 26.6. The lowest BCUT2D eigenvalue weighted by atomic mass is 10.1. The van der Waals surface area contributed by atoms with E-state index < -0.39 is 12.5 Å². The standard InChI is InChI=1S/C27H30F2N6O4/c1-3-30-26(36)25-23(37-2)13-20(14-24(25)39-27(28)29)35-17-31-21-12-18(4-5-22(21)35)19-15-32-34(16-19)7-6-33-8-10-38-11-9-33/h4-5,12-17,27H,3,6-11H2,1-2H3,(H,30,36). The van der Waals surface area contributed by atoms with Crippen molar-refractivity contribution in [1.29, 1.82) is 0 Å². The number of carbonyl (C=O) groups is 1. The molecule has 2 aromatic heterocycles. The van der Waals surface area contributed by atoms with Crippen molar-refractivity contribution in [3.05, 3.63) is 54.6 Å². The molecule has 0 atom stereocenters. The molecule has 0 aliphatic carbocycles. The van der Waals surface area contributed by atoms with Crippen molar-refractivity contribution in [3.63, 3.8) is 0 Å². The number of benzene rings is 2. The number of rotatable bonds is 10. The Bertz CT molecular complexity index is 1450. The van der Waals surface area contributed by atoms with Gasteiger partial charge in [-0.1, -0.05) is 6.07 Å². The van der Waals surface area contributed by atoms with E-state index in [9.17, 15) is 13.6 Å². The smallest absolute Gasteiger partial charge is 0.387 e. The van der Waals surface area contributed by atoms with Crippen LogP contribution in [0.4, 0.5) is 8.78 Å². The van der Waals surface area contributed by atoms with Crippen LogP contribution in [-0.2, 0) is 11.3 Å². The molecule has 0 saturated carbocycles. The molecule has 10 nitrogen and oxygen atoms in total. The van der Waals surface area contributed by atoms with Crippen molar-refractivity contribution in [2.75, 3.05) is 46.5 Å². The number of ether oxygens (including phenoxy) is 3. The Labute approximate surface area is 224 Å². The molecule has 1 amide bonds. The average Bonchev–Trinajstić information content (AvgIpc) is 3.59. The van der Waals surface area contributed by atoms with Gasteiger partial charge in [0.2, 0.25) is 0 Å². The molecular weight excluding hydrogens is 510 g/mol. The van der Waals surface area contributed by atoms with Crippen LogP contribution < -0.4 is 14.8 Å². The molecule has 206 valence electrons. The molecule has 1 aliphatic rings. The van der Waals surface area contributed by atoms with Gasteiger partial charge in [0.15, 0.2) is 0 Å². The van der Waals surface area contributed by atoms with Gasteiger partial charge in [-0.25, -0.2) is 4.98 Å². The first-order chi connectivity index (χ1) is 19.0. The summed E-state index contributed by atoms with van der Waals surface area (Å²) in [7, 11) is 1.37. The van der Waals surface area contributed by atoms with Crippen LogP contribution >= 0.6 is 0 Å². The minimum atomic E-state index is -3.12. The van der Waals surface area contributed by atoms with Gasteiger partial charge in [0.05, 0.1) is 49.8 Å². The summed E-state index contributed by atoms with van der Waals surface area (Å²) in [5.41, 5.74) is 3.73. The van der Waals surface area contributed by atoms with Crippen LogP contribution in [0.25, 0.3) is 27.8 Å². The van der Waals surface area contributed by atoms with Crippen molar-refractivity contribution in [3.8, 4) is 28.3 Å². The van der Waals surface area contributed by atoms with Gasteiger partial charge >= 0.3 is 6.61 Å². The summed E-state index contributed by atoms with van der Waals surface area (Å²) in [4.78, 5) is 19.5. The second-order valence-electron chi connectivity index (χ2n) is 9.02. The molecule has 2 aromatic carbocycles. The number of nitrogens with zero attached hydrogens (tertiary/aromatic N) is 5. The van der Waals surface area contributed by atoms with Crippen molar-refractivity contribution >= 4 is 16.9 Å². The van der Waals surface area contributed by atoms with Gasteiger partial charge in [0.1, 0.15) is 23.4 Å². The molecule has 4 aromatic rings. The number of carbonyl (C=O) groups excluding carboxylic acids is 1. The third-order valence-electron chi connectivity index (χ3n) is 6.59. The summed E-state index contributed by atoms with van der Waals surface area (Å²) in [5.74, 6) is -0.743. The van der Waals surface area contributed by atoms with E-state index in [0.717, 1.165) is 56.0 Å². The van der Waals surface area contributed by atoms with Crippen molar-refractivity contribution in [2.24, 2.45) is 0 Å². The number of methoxy groups -OCH3 is 1. The third-order valence-corrected chi connectivity index (χ3v) is 6.59. The van der Waals surface area contributed by atoms with E-state index in [0.29, 0.717) is 17.7 Å². The molecule has 39 heavy (non-hydrogen) atoms. The predicted octanol–water partition coefficient (Wildman–Crippen LogP) is 3.58. The number of morpholine rings is 1. The quantitative estimate of drug-likeness (QED) is 0.329. The van der Waals surface area contributed by atoms with Gasteiger partial charge in [-0.3, -0.25) is 18.9 Å². The van der Waals surface area contributed by atoms with E-state index in [4.69, 9.17) is 14.2 Å². The Morgan fingerprint density at radius 1 is 1.13 bits per heavy atom. The highest BCUT2D eigenvalue weighted by Crippen LogP contribution is 2.35. The lowest BCUT2D eigenvalue weighted by molar-refractivity contribution is -0.0502. The number of fused-ring (bicyclic) bond motifs is 1. The van der Waals surface area contributed by atoms with Gasteiger partial charge in [0, 0.05) is 50.1 Å². The van der Waals surface area contributed by atoms with Crippen molar-refractivity contribution in [1.82, 2.24) is 29.5 Å². The summed E-state index contributed by atoms with van der Waals surface area (Å²) < 4.78 is 45.6. The van der Waals surface area contributed by atoms with E-state index in [1.807, 2.05) is 35.3 Å². The molecular formula is C27H30F2N6O4. The highest BCUT2D eigenvalue weighted by molar-refractivity contribution is 6.00. The van der Waals surface area contributed by atoms with Crippen LogP contribution in [0.3, 0.4) is 0 Å². The molecule has 5 rings (SSSR count). The second kappa shape index (κ2) is 11.8. The van der Waals surface area contributed by atoms with Gasteiger partial charge in [-0.2, -0.15) is 13.9 Å². The lowest BCUT2D eigenvalue weighted by Gasteiger charge is -2.26. The maximum atomic E-state index is 13.2. The summed E-state index contributed by atoms with van der Waals surface area (Å²) >= 11 is 0. The van der Waals surface area contributed by atoms with Crippen molar-refractivity contribution in [2.45, 2.75) is 20.1 Å². The molecule has 1 aliphatic heterocycles. The predicted molar refractivity (Wildman–Crippen MR) is 141 cm³/mol. The summed E-state index contributed by atoms with van der Waals surface area (Å²) in [6.45, 7) is 4.03. The fourth-order valence-corrected chi connectivity index (χ4v) is 4.64. The van der Waals surface area contributed by atoms with Crippen LogP contribution in [0.5, 0.6) is 11.5 Å². The first-order valence-electron chi connectivity index (χ1n) is 12.7. The number of imidazole rings is 1. The fourth-order valence-electron chi connectivity index (χ4n) is 4.64. The first-order valence-corrected chi connectivity index (χ1v) is 12.7. The maximum Gasteiger partial charge on any atom is 0.387 e. The molecule has 0 spiro atoms. The Balaban J connectivity index is 1.42. The highest BCUT2D eigenvalue weighted by Gasteiger charge is 2.23. The van der Waals surface area contributed by atoms with E-state index in [2.05, 4.69) is 20.3 Å². The van der Waals surface area contributed by atoms with Gasteiger partial charge < -0.3 is 19.5 Å². The Hall–Kier alpha value is -4.03. The molecule has 0 radical (unpaired) electrons. The van der Waals surface area contributed by atoms with Crippen molar-refractivity contribution < 1.29 is 27.8 Å². The van der Waals surface area contributed by atoms with Crippen LogP contribution in [0.1, 0.15) is 17.3 Å². The molecule has 0 unspecified atom stereocenters. The molecule has 0 bridgehead atoms. The maximum absolute atomic E-state index is 13.2. The lowest BCUT2D eigenvalue weighted by Crippen LogP contribution is -2.38. The Morgan fingerprint density at radius 2 is 1.92 bits per heavy atom. The summed E-state index contributed by atoms with van der Waals surface area (Å²) in [6.07, 6.45) is 5.43. The minimum Gasteiger partial charge on any atom is -0.496 e. The summed E-state index contributed by atoms with van der Waals surface area (Å²) in [5, 5.41) is 7.11. The van der Waals surface area contributed by atoms with Gasteiger partial charge in [-0.05, 0) is 24.6 Å². The zero-order valence-electron chi connectivity index (χ0n) is 21.8. The number of hydrogen-bond donors (Lipinski definition) is 1. The number of nitrogens with one attached hydrogen (secondary N) is 1. The number of hydrogen-bond acceptors (Lipinski definition) is 7. The van der Waals surface area contributed by atoms with E-state index in [-0.39, 0.29) is 17.1 Å². The van der Waals surface area contributed by atoms with Crippen LogP contribution in [-0.4, -0.2) is 83.3 Å². The molecule has 12 heteroatoms. The van der Waals surface area contributed by atoms with Gasteiger partial charge in [0.25, 0.3) is 5.91 Å². The average molecular weight is 541 g/mol. The van der Waals surface area contributed by atoms with Crippen LogP contribution in [0.2, 0.25) is 0 Å². The summed E-state index contributed by atoms with van der Waals surface area (Å²) in [6, 6.07) is 8.79. The number of halogens is 2. The molecule has 1 fully saturated rings. The molecule has 1 N–H and O–H groups in total. The van der Waals surface area contributed by atoms with E-state index in [1.165, 1.54) is 13.2 Å². The van der Waals surface area contributed by atoms with Gasteiger partial charge in [-0.15, -0.1) is 0 Å². The monoisotopic (exact) mass is 540 g/mol. The normalized spacial score (nSPS) is 14.2. The largest absolute Gasteiger partial charge is 0.496 e. The molecule has 1 saturated heterocycles. The number of amides is 1. The van der Waals surface area contributed by atoms with Crippen LogP contribution in [0.15, 0.2) is 49.1 Å². The fraction of sp³-hybridized carbons (Fsp3) is 0.370. The minimum absolute atomic E-state index is 0.0965. The van der Waals surface area contributed by atoms with Crippen LogP contribution in [0, 0.1) is 0 Å². The SMILES string of the molecule is CCNC(=O)c1c(OC)cc(-n2cnc3cc(-c4cnn(CCN5CCOCC5)c4)ccc32)cc1OC(F)F. The third kappa shape index (κ3) is 5.86. The Morgan fingerprint density at radius 3 is 2.67 bits per heavy atom. The van der Waals surface area contributed by atoms with E-state index >= 15 is 0 Å². The topological polar surface area (TPSA) is 95.7 Å². The number of aromatic nitrogens is 4. The second-order valence-corrected chi connectivity index (χ2v) is 9.02. The van der Waals surface area contributed by atoms with E-state index in [1.54, 1.807) is 23.9 Å².